The van der Waals surface area contributed by atoms with E-state index >= 15 is 0 Å². The SMILES string of the molecule is C=CC(=O)[O-].O=C([O-])c1cccc2ccccc12.[Zn+2]. The fourth-order valence-corrected chi connectivity index (χ4v) is 1.40. The van der Waals surface area contributed by atoms with Crippen LogP contribution in [-0.4, -0.2) is 11.9 Å². The van der Waals surface area contributed by atoms with Crippen molar-refractivity contribution < 1.29 is 39.3 Å². The first-order valence-corrected chi connectivity index (χ1v) is 5.08. The molecule has 2 aromatic rings. The molecule has 0 radical (unpaired) electrons. The summed E-state index contributed by atoms with van der Waals surface area (Å²) < 4.78 is 0. The molecule has 0 unspecified atom stereocenters. The molecule has 0 atom stereocenters. The van der Waals surface area contributed by atoms with Crippen molar-refractivity contribution in [3.63, 3.8) is 0 Å². The first-order chi connectivity index (χ1) is 8.56. The summed E-state index contributed by atoms with van der Waals surface area (Å²) in [5.41, 5.74) is 0.248. The van der Waals surface area contributed by atoms with Crippen LogP contribution in [0.3, 0.4) is 0 Å². The standard InChI is InChI=1S/C11H8O2.C3H4O2.Zn/c12-11(13)10-7-3-5-8-4-1-2-6-9(8)10;1-2-3(4)5;/h1-7H,(H,12,13);2H,1H2,(H,4,5);/q;;+2/p-2. The van der Waals surface area contributed by atoms with E-state index in [2.05, 4.69) is 6.58 Å². The summed E-state index contributed by atoms with van der Waals surface area (Å²) in [6.45, 7) is 2.90. The topological polar surface area (TPSA) is 80.3 Å². The number of hydrogen-bond acceptors (Lipinski definition) is 4. The van der Waals surface area contributed by atoms with E-state index in [0.717, 1.165) is 16.8 Å². The van der Waals surface area contributed by atoms with Crippen molar-refractivity contribution in [1.82, 2.24) is 0 Å². The fraction of sp³-hybridized carbons (Fsp3) is 0. The average Bonchev–Trinajstić information content (AvgIpc) is 2.38. The molecule has 92 valence electrons. The molecule has 0 N–H and O–H groups in total. The molecular formula is C14H10O4Zn. The smallest absolute Gasteiger partial charge is 0.545 e. The Morgan fingerprint density at radius 1 is 1.00 bits per heavy atom. The number of aromatic carboxylic acids is 1. The van der Waals surface area contributed by atoms with Gasteiger partial charge in [-0.2, -0.15) is 0 Å². The van der Waals surface area contributed by atoms with Crippen molar-refractivity contribution in [2.75, 3.05) is 0 Å². The molecule has 0 saturated carbocycles. The van der Waals surface area contributed by atoms with Gasteiger partial charge in [-0.05, 0) is 16.8 Å². The molecule has 2 rings (SSSR count). The largest absolute Gasteiger partial charge is 2.00 e. The molecule has 0 spiro atoms. The van der Waals surface area contributed by atoms with Crippen LogP contribution in [0.5, 0.6) is 0 Å². The molecule has 4 nitrogen and oxygen atoms in total. The second-order valence-electron chi connectivity index (χ2n) is 3.34. The molecule has 0 aromatic heterocycles. The van der Waals surface area contributed by atoms with Crippen molar-refractivity contribution in [3.05, 3.63) is 60.7 Å². The van der Waals surface area contributed by atoms with Crippen LogP contribution in [0.4, 0.5) is 0 Å². The number of carbonyl (C=O) groups excluding carboxylic acids is 2. The van der Waals surface area contributed by atoms with Gasteiger partial charge in [0, 0.05) is 5.56 Å². The molecule has 2 aromatic carbocycles. The number of fused-ring (bicyclic) bond motifs is 1. The predicted molar refractivity (Wildman–Crippen MR) is 63.5 cm³/mol. The maximum atomic E-state index is 10.7. The maximum absolute atomic E-state index is 10.7. The number of benzene rings is 2. The van der Waals surface area contributed by atoms with Crippen molar-refractivity contribution in [3.8, 4) is 0 Å². The van der Waals surface area contributed by atoms with E-state index in [1.165, 1.54) is 0 Å². The number of aliphatic carboxylic acids is 1. The quantitative estimate of drug-likeness (QED) is 0.583. The third kappa shape index (κ3) is 5.02. The summed E-state index contributed by atoms with van der Waals surface area (Å²) in [4.78, 5) is 19.8. The van der Waals surface area contributed by atoms with E-state index in [9.17, 15) is 9.90 Å². The Hall–Kier alpha value is -2.00. The minimum Gasteiger partial charge on any atom is -0.545 e. The second kappa shape index (κ2) is 8.17. The van der Waals surface area contributed by atoms with Crippen molar-refractivity contribution >= 4 is 22.7 Å². The number of hydrogen-bond donors (Lipinski definition) is 0. The third-order valence-corrected chi connectivity index (χ3v) is 2.18. The molecule has 0 aliphatic rings. The Kier molecular flexibility index (Phi) is 7.31. The van der Waals surface area contributed by atoms with Gasteiger partial charge >= 0.3 is 19.5 Å². The van der Waals surface area contributed by atoms with E-state index in [1.807, 2.05) is 24.3 Å². The zero-order chi connectivity index (χ0) is 13.5. The molecule has 0 saturated heterocycles. The molecule has 0 aliphatic heterocycles. The van der Waals surface area contributed by atoms with E-state index in [1.54, 1.807) is 18.2 Å². The molecule has 0 aliphatic carbocycles. The van der Waals surface area contributed by atoms with E-state index in [4.69, 9.17) is 9.90 Å². The van der Waals surface area contributed by atoms with Crippen LogP contribution < -0.4 is 10.2 Å². The van der Waals surface area contributed by atoms with Gasteiger partial charge in [0.25, 0.3) is 0 Å². The first-order valence-electron chi connectivity index (χ1n) is 5.08. The molecule has 0 amide bonds. The van der Waals surface area contributed by atoms with E-state index in [0.29, 0.717) is 0 Å². The molecule has 0 bridgehead atoms. The van der Waals surface area contributed by atoms with Crippen molar-refractivity contribution in [2.45, 2.75) is 0 Å². The van der Waals surface area contributed by atoms with Gasteiger partial charge in [0.1, 0.15) is 0 Å². The number of rotatable bonds is 2. The normalized spacial score (nSPS) is 8.63. The fourth-order valence-electron chi connectivity index (χ4n) is 1.40. The van der Waals surface area contributed by atoms with Crippen molar-refractivity contribution in [2.24, 2.45) is 0 Å². The Morgan fingerprint density at radius 3 is 2.05 bits per heavy atom. The Balaban J connectivity index is 0.000000471. The minimum absolute atomic E-state index is 0. The number of carbonyl (C=O) groups is 2. The van der Waals surface area contributed by atoms with Gasteiger partial charge in [-0.1, -0.05) is 49.0 Å². The van der Waals surface area contributed by atoms with Gasteiger partial charge < -0.3 is 19.8 Å². The average molecular weight is 308 g/mol. The van der Waals surface area contributed by atoms with Crippen LogP contribution in [-0.2, 0) is 24.3 Å². The monoisotopic (exact) mass is 306 g/mol. The van der Waals surface area contributed by atoms with Crippen LogP contribution in [0.15, 0.2) is 55.1 Å². The zero-order valence-electron chi connectivity index (χ0n) is 10.2. The first kappa shape index (κ1) is 17.0. The van der Waals surface area contributed by atoms with Crippen LogP contribution in [0.2, 0.25) is 0 Å². The summed E-state index contributed by atoms with van der Waals surface area (Å²) in [6.07, 6.45) is 0.722. The Bertz CT molecular complexity index is 588. The molecule has 5 heteroatoms. The minimum atomic E-state index is -1.23. The Labute approximate surface area is 123 Å². The number of carboxylic acids is 2. The predicted octanol–water partition coefficient (Wildman–Crippen LogP) is 0.123. The van der Waals surface area contributed by atoms with E-state index in [-0.39, 0.29) is 25.0 Å². The molecule has 0 fully saturated rings. The summed E-state index contributed by atoms with van der Waals surface area (Å²) >= 11 is 0. The van der Waals surface area contributed by atoms with Gasteiger partial charge in [0.15, 0.2) is 0 Å². The van der Waals surface area contributed by atoms with Crippen LogP contribution >= 0.6 is 0 Å². The van der Waals surface area contributed by atoms with Gasteiger partial charge in [0.05, 0.1) is 11.9 Å². The zero-order valence-corrected chi connectivity index (χ0v) is 13.1. The molecular weight excluding hydrogens is 298 g/mol. The summed E-state index contributed by atoms with van der Waals surface area (Å²) in [5.74, 6) is -2.36. The maximum Gasteiger partial charge on any atom is 2.00 e. The molecule has 19 heavy (non-hydrogen) atoms. The summed E-state index contributed by atoms with van der Waals surface area (Å²) in [7, 11) is 0. The van der Waals surface area contributed by atoms with Crippen LogP contribution in [0.25, 0.3) is 10.8 Å². The second-order valence-corrected chi connectivity index (χ2v) is 3.34. The van der Waals surface area contributed by atoms with Gasteiger partial charge in [-0.3, -0.25) is 0 Å². The van der Waals surface area contributed by atoms with Gasteiger partial charge in [0.2, 0.25) is 0 Å². The van der Waals surface area contributed by atoms with Crippen LogP contribution in [0.1, 0.15) is 10.4 Å². The third-order valence-electron chi connectivity index (χ3n) is 2.18. The number of carboxylic acid groups (broad SMARTS) is 2. The van der Waals surface area contributed by atoms with Crippen LogP contribution in [0, 0.1) is 0 Å². The Morgan fingerprint density at radius 2 is 1.53 bits per heavy atom. The van der Waals surface area contributed by atoms with Gasteiger partial charge in [-0.15, -0.1) is 0 Å². The summed E-state index contributed by atoms with van der Waals surface area (Å²) in [5, 5.41) is 21.5. The summed E-state index contributed by atoms with van der Waals surface area (Å²) in [6, 6.07) is 12.5. The molecule has 0 heterocycles. The van der Waals surface area contributed by atoms with Crippen molar-refractivity contribution in [1.29, 1.82) is 0 Å². The van der Waals surface area contributed by atoms with E-state index < -0.39 is 11.9 Å². The van der Waals surface area contributed by atoms with Gasteiger partial charge in [-0.25, -0.2) is 0 Å².